The molecule has 8 heteroatoms. The normalized spacial score (nSPS) is 13.8. The fourth-order valence-electron chi connectivity index (χ4n) is 2.84. The minimum Gasteiger partial charge on any atom is -0.452 e. The van der Waals surface area contributed by atoms with Crippen molar-refractivity contribution in [2.24, 2.45) is 0 Å². The van der Waals surface area contributed by atoms with Crippen LogP contribution in [0.3, 0.4) is 0 Å². The Balaban J connectivity index is 1.38. The first kappa shape index (κ1) is 17.6. The number of carbonyl (C=O) groups excluding carboxylic acids is 3. The van der Waals surface area contributed by atoms with E-state index in [0.717, 1.165) is 10.5 Å². The van der Waals surface area contributed by atoms with Gasteiger partial charge in [-0.1, -0.05) is 35.5 Å². The van der Waals surface area contributed by atoms with Gasteiger partial charge in [-0.15, -0.1) is 0 Å². The Labute approximate surface area is 159 Å². The molecule has 28 heavy (non-hydrogen) atoms. The maximum atomic E-state index is 12.2. The van der Waals surface area contributed by atoms with E-state index < -0.39 is 5.97 Å². The van der Waals surface area contributed by atoms with Gasteiger partial charge in [0.2, 0.25) is 17.6 Å². The van der Waals surface area contributed by atoms with E-state index in [1.54, 1.807) is 0 Å². The molecule has 0 aliphatic carbocycles. The van der Waals surface area contributed by atoms with Gasteiger partial charge in [0, 0.05) is 18.4 Å². The maximum absolute atomic E-state index is 12.2. The molecule has 0 radical (unpaired) electrons. The summed E-state index contributed by atoms with van der Waals surface area (Å²) in [5, 5.41) is 3.86. The first-order chi connectivity index (χ1) is 13.6. The quantitative estimate of drug-likeness (QED) is 0.497. The molecule has 1 fully saturated rings. The summed E-state index contributed by atoms with van der Waals surface area (Å²) in [5.74, 6) is -0.477. The van der Waals surface area contributed by atoms with Crippen LogP contribution >= 0.6 is 0 Å². The minimum absolute atomic E-state index is 0.163. The van der Waals surface area contributed by atoms with Gasteiger partial charge in [-0.25, -0.2) is 4.79 Å². The number of hydrogen-bond donors (Lipinski definition) is 0. The first-order valence-corrected chi connectivity index (χ1v) is 8.63. The summed E-state index contributed by atoms with van der Waals surface area (Å²) < 4.78 is 10.3. The SMILES string of the molecule is O=C(OCc1nc(-c2ccccc2)no1)c1ccc(N2C(=O)CCC2=O)cc1. The van der Waals surface area contributed by atoms with E-state index in [1.807, 2.05) is 30.3 Å². The molecule has 0 N–H and O–H groups in total. The highest BCUT2D eigenvalue weighted by molar-refractivity contribution is 6.19. The summed E-state index contributed by atoms with van der Waals surface area (Å²) in [6.07, 6.45) is 0.412. The lowest BCUT2D eigenvalue weighted by Crippen LogP contribution is -2.28. The number of imide groups is 1. The smallest absolute Gasteiger partial charge is 0.338 e. The predicted octanol–water partition coefficient (Wildman–Crippen LogP) is 2.75. The lowest BCUT2D eigenvalue weighted by Gasteiger charge is -2.13. The van der Waals surface area contributed by atoms with Gasteiger partial charge in [-0.05, 0) is 24.3 Å². The zero-order valence-corrected chi connectivity index (χ0v) is 14.7. The van der Waals surface area contributed by atoms with Crippen LogP contribution in [0.4, 0.5) is 5.69 Å². The average molecular weight is 377 g/mol. The molecule has 0 unspecified atom stereocenters. The zero-order chi connectivity index (χ0) is 19.5. The molecule has 140 valence electrons. The molecule has 4 rings (SSSR count). The Bertz CT molecular complexity index is 1010. The van der Waals surface area contributed by atoms with Crippen LogP contribution < -0.4 is 4.90 Å². The summed E-state index contributed by atoms with van der Waals surface area (Å²) in [6.45, 7) is -0.163. The van der Waals surface area contributed by atoms with Gasteiger partial charge in [0.1, 0.15) is 0 Å². The topological polar surface area (TPSA) is 103 Å². The number of ether oxygens (including phenoxy) is 1. The van der Waals surface area contributed by atoms with E-state index >= 15 is 0 Å². The molecule has 2 amide bonds. The lowest BCUT2D eigenvalue weighted by atomic mass is 10.2. The van der Waals surface area contributed by atoms with Crippen molar-refractivity contribution in [2.75, 3.05) is 4.90 Å². The van der Waals surface area contributed by atoms with E-state index in [4.69, 9.17) is 9.26 Å². The molecule has 1 aromatic heterocycles. The molecule has 0 bridgehead atoms. The molecule has 2 heterocycles. The van der Waals surface area contributed by atoms with Crippen molar-refractivity contribution >= 4 is 23.5 Å². The second-order valence-electron chi connectivity index (χ2n) is 6.12. The van der Waals surface area contributed by atoms with Crippen molar-refractivity contribution in [3.63, 3.8) is 0 Å². The Morgan fingerprint density at radius 3 is 2.36 bits per heavy atom. The van der Waals surface area contributed by atoms with Crippen LogP contribution in [0.5, 0.6) is 0 Å². The number of benzene rings is 2. The van der Waals surface area contributed by atoms with Crippen molar-refractivity contribution in [3.8, 4) is 11.4 Å². The van der Waals surface area contributed by atoms with Crippen molar-refractivity contribution in [3.05, 3.63) is 66.1 Å². The Morgan fingerprint density at radius 2 is 1.68 bits per heavy atom. The number of nitrogens with zero attached hydrogens (tertiary/aromatic N) is 3. The van der Waals surface area contributed by atoms with E-state index in [2.05, 4.69) is 10.1 Å². The van der Waals surface area contributed by atoms with Gasteiger partial charge in [-0.3, -0.25) is 14.5 Å². The molecule has 0 spiro atoms. The largest absolute Gasteiger partial charge is 0.452 e. The molecule has 8 nitrogen and oxygen atoms in total. The van der Waals surface area contributed by atoms with Crippen LogP contribution in [0, 0.1) is 0 Å². The molecule has 0 saturated carbocycles. The van der Waals surface area contributed by atoms with E-state index in [-0.39, 0.29) is 42.7 Å². The van der Waals surface area contributed by atoms with Gasteiger partial charge < -0.3 is 9.26 Å². The lowest BCUT2D eigenvalue weighted by molar-refractivity contribution is -0.121. The molecular formula is C20H15N3O5. The first-order valence-electron chi connectivity index (χ1n) is 8.63. The molecule has 1 saturated heterocycles. The minimum atomic E-state index is -0.579. The van der Waals surface area contributed by atoms with E-state index in [0.29, 0.717) is 11.5 Å². The number of aromatic nitrogens is 2. The summed E-state index contributed by atoms with van der Waals surface area (Å²) in [7, 11) is 0. The highest BCUT2D eigenvalue weighted by Gasteiger charge is 2.30. The highest BCUT2D eigenvalue weighted by Crippen LogP contribution is 2.23. The number of amides is 2. The molecule has 0 atom stereocenters. The Hall–Kier alpha value is -3.81. The Kier molecular flexibility index (Phi) is 4.67. The van der Waals surface area contributed by atoms with Crippen LogP contribution in [0.15, 0.2) is 59.1 Å². The van der Waals surface area contributed by atoms with E-state index in [1.165, 1.54) is 24.3 Å². The second kappa shape index (κ2) is 7.43. The summed E-state index contributed by atoms with van der Waals surface area (Å²) >= 11 is 0. The molecule has 1 aliphatic heterocycles. The third-order valence-corrected chi connectivity index (χ3v) is 4.24. The van der Waals surface area contributed by atoms with Gasteiger partial charge in [0.05, 0.1) is 11.3 Å². The third-order valence-electron chi connectivity index (χ3n) is 4.24. The van der Waals surface area contributed by atoms with Crippen molar-refractivity contribution in [1.82, 2.24) is 10.1 Å². The van der Waals surface area contributed by atoms with Crippen LogP contribution in [0.25, 0.3) is 11.4 Å². The van der Waals surface area contributed by atoms with Crippen LogP contribution in [-0.4, -0.2) is 27.9 Å². The maximum Gasteiger partial charge on any atom is 0.338 e. The third kappa shape index (κ3) is 3.52. The second-order valence-corrected chi connectivity index (χ2v) is 6.12. The zero-order valence-electron chi connectivity index (χ0n) is 14.7. The van der Waals surface area contributed by atoms with E-state index in [9.17, 15) is 14.4 Å². The molecule has 1 aliphatic rings. The molecular weight excluding hydrogens is 362 g/mol. The fourth-order valence-corrected chi connectivity index (χ4v) is 2.84. The monoisotopic (exact) mass is 377 g/mol. The predicted molar refractivity (Wildman–Crippen MR) is 97.0 cm³/mol. The van der Waals surface area contributed by atoms with Crippen LogP contribution in [0.1, 0.15) is 29.1 Å². The van der Waals surface area contributed by atoms with Gasteiger partial charge in [-0.2, -0.15) is 4.98 Å². The van der Waals surface area contributed by atoms with Gasteiger partial charge in [0.25, 0.3) is 5.89 Å². The Morgan fingerprint density at radius 1 is 1.00 bits per heavy atom. The number of esters is 1. The number of anilines is 1. The molecule has 3 aromatic rings. The average Bonchev–Trinajstić information content (AvgIpc) is 3.33. The van der Waals surface area contributed by atoms with Crippen molar-refractivity contribution in [2.45, 2.75) is 19.4 Å². The molecule has 2 aromatic carbocycles. The standard InChI is InChI=1S/C20H15N3O5/c24-17-10-11-18(25)23(17)15-8-6-14(7-9-15)20(26)27-12-16-21-19(22-28-16)13-4-2-1-3-5-13/h1-9H,10-12H2. The van der Waals surface area contributed by atoms with Crippen LogP contribution in [-0.2, 0) is 20.9 Å². The van der Waals surface area contributed by atoms with Crippen molar-refractivity contribution < 1.29 is 23.6 Å². The van der Waals surface area contributed by atoms with Crippen molar-refractivity contribution in [1.29, 1.82) is 0 Å². The van der Waals surface area contributed by atoms with Gasteiger partial charge in [0.15, 0.2) is 6.61 Å². The fraction of sp³-hybridized carbons (Fsp3) is 0.150. The summed E-state index contributed by atoms with van der Waals surface area (Å²) in [5.41, 5.74) is 1.52. The van der Waals surface area contributed by atoms with Crippen LogP contribution in [0.2, 0.25) is 0 Å². The number of carbonyl (C=O) groups is 3. The summed E-state index contributed by atoms with van der Waals surface area (Å²) in [4.78, 5) is 41.0. The highest BCUT2D eigenvalue weighted by atomic mass is 16.6. The number of hydrogen-bond acceptors (Lipinski definition) is 7. The van der Waals surface area contributed by atoms with Gasteiger partial charge >= 0.3 is 5.97 Å². The number of rotatable bonds is 5. The summed E-state index contributed by atoms with van der Waals surface area (Å²) in [6, 6.07) is 15.4.